The van der Waals surface area contributed by atoms with E-state index in [2.05, 4.69) is 4.72 Å². The first-order chi connectivity index (χ1) is 8.01. The lowest BCUT2D eigenvalue weighted by molar-refractivity contribution is 0.470. The van der Waals surface area contributed by atoms with Crippen LogP contribution in [-0.2, 0) is 10.0 Å². The van der Waals surface area contributed by atoms with Crippen LogP contribution >= 0.6 is 11.3 Å². The Morgan fingerprint density at radius 2 is 2.35 bits per heavy atom. The minimum Gasteiger partial charge on any atom is -0.309 e. The molecule has 92 valence electrons. The molecule has 5 nitrogen and oxygen atoms in total. The molecule has 1 unspecified atom stereocenters. The van der Waals surface area contributed by atoms with E-state index in [0.717, 1.165) is 4.88 Å². The van der Waals surface area contributed by atoms with Gasteiger partial charge >= 0.3 is 0 Å². The van der Waals surface area contributed by atoms with Crippen molar-refractivity contribution in [3.05, 3.63) is 17.0 Å². The van der Waals surface area contributed by atoms with Crippen LogP contribution in [0.5, 0.6) is 0 Å². The fourth-order valence-electron chi connectivity index (χ4n) is 1.78. The van der Waals surface area contributed by atoms with Gasteiger partial charge in [0.1, 0.15) is 4.21 Å². The lowest BCUT2D eigenvalue weighted by Gasteiger charge is -2.11. The van der Waals surface area contributed by atoms with Crippen molar-refractivity contribution >= 4 is 21.4 Å². The summed E-state index contributed by atoms with van der Waals surface area (Å²) in [6.07, 6.45) is 2.70. The number of aryl methyl sites for hydroxylation is 1. The summed E-state index contributed by atoms with van der Waals surface area (Å²) < 4.78 is 27.0. The molecule has 17 heavy (non-hydrogen) atoms. The van der Waals surface area contributed by atoms with E-state index in [4.69, 9.17) is 5.26 Å². The van der Waals surface area contributed by atoms with Gasteiger partial charge in [-0.2, -0.15) is 5.26 Å². The van der Waals surface area contributed by atoms with Crippen molar-refractivity contribution in [1.29, 1.82) is 5.26 Å². The van der Waals surface area contributed by atoms with Gasteiger partial charge in [-0.15, -0.1) is 11.3 Å². The highest BCUT2D eigenvalue weighted by atomic mass is 32.2. The molecule has 1 fully saturated rings. The Morgan fingerprint density at radius 3 is 2.88 bits per heavy atom. The van der Waals surface area contributed by atoms with E-state index in [1.54, 1.807) is 17.0 Å². The lowest BCUT2D eigenvalue weighted by Crippen LogP contribution is -2.36. The molecule has 0 aromatic carbocycles. The molecule has 1 atom stereocenters. The molecule has 2 rings (SSSR count). The highest BCUT2D eigenvalue weighted by Gasteiger charge is 2.27. The number of nitriles is 1. The quantitative estimate of drug-likeness (QED) is 0.829. The smallest absolute Gasteiger partial charge is 0.250 e. The highest BCUT2D eigenvalue weighted by molar-refractivity contribution is 7.91. The summed E-state index contributed by atoms with van der Waals surface area (Å²) in [6.45, 7) is 2.95. The monoisotopic (exact) mass is 271 g/mol. The minimum absolute atomic E-state index is 0.165. The molecule has 0 bridgehead atoms. The van der Waals surface area contributed by atoms with Gasteiger partial charge in [-0.05, 0) is 25.5 Å². The zero-order valence-corrected chi connectivity index (χ0v) is 11.0. The van der Waals surface area contributed by atoms with Crippen LogP contribution in [0.25, 0.3) is 0 Å². The van der Waals surface area contributed by atoms with Crippen molar-refractivity contribution in [3.63, 3.8) is 0 Å². The predicted octanol–water partition coefficient (Wildman–Crippen LogP) is 0.890. The molecular weight excluding hydrogens is 258 g/mol. The Balaban J connectivity index is 2.07. The third-order valence-electron chi connectivity index (χ3n) is 2.63. The largest absolute Gasteiger partial charge is 0.309 e. The molecule has 0 radical (unpaired) electrons. The lowest BCUT2D eigenvalue weighted by atomic mass is 10.3. The molecule has 0 aliphatic carbocycles. The number of nitrogens with zero attached hydrogens (tertiary/aromatic N) is 2. The zero-order chi connectivity index (χ0) is 12.5. The Kier molecular flexibility index (Phi) is 3.38. The van der Waals surface area contributed by atoms with Crippen LogP contribution in [0.2, 0.25) is 0 Å². The number of thiophene rings is 1. The van der Waals surface area contributed by atoms with Gasteiger partial charge in [0.05, 0.1) is 0 Å². The number of rotatable bonds is 3. The number of hydrogen-bond acceptors (Lipinski definition) is 5. The Labute approximate surface area is 105 Å². The molecule has 1 aromatic rings. The summed E-state index contributed by atoms with van der Waals surface area (Å²) in [5, 5.41) is 8.70. The Morgan fingerprint density at radius 1 is 1.59 bits per heavy atom. The van der Waals surface area contributed by atoms with E-state index in [1.807, 2.05) is 13.1 Å². The topological polar surface area (TPSA) is 73.2 Å². The zero-order valence-electron chi connectivity index (χ0n) is 9.38. The molecule has 0 amide bonds. The van der Waals surface area contributed by atoms with E-state index in [-0.39, 0.29) is 6.04 Å². The third kappa shape index (κ3) is 2.77. The van der Waals surface area contributed by atoms with Crippen molar-refractivity contribution in [3.8, 4) is 6.19 Å². The van der Waals surface area contributed by atoms with Gasteiger partial charge < -0.3 is 4.90 Å². The molecule has 2 heterocycles. The van der Waals surface area contributed by atoms with Gasteiger partial charge in [-0.3, -0.25) is 0 Å². The summed E-state index contributed by atoms with van der Waals surface area (Å²) in [6, 6.07) is 3.23. The molecule has 0 spiro atoms. The molecule has 1 saturated heterocycles. The fraction of sp³-hybridized carbons (Fsp3) is 0.500. The second-order valence-corrected chi connectivity index (χ2v) is 7.25. The summed E-state index contributed by atoms with van der Waals surface area (Å²) in [7, 11) is -3.42. The molecular formula is C10H13N3O2S2. The first-order valence-electron chi connectivity index (χ1n) is 5.25. The van der Waals surface area contributed by atoms with Crippen molar-refractivity contribution in [1.82, 2.24) is 9.62 Å². The molecule has 1 aliphatic rings. The van der Waals surface area contributed by atoms with Crippen molar-refractivity contribution < 1.29 is 8.42 Å². The summed E-state index contributed by atoms with van der Waals surface area (Å²) in [4.78, 5) is 2.53. The van der Waals surface area contributed by atoms with Crippen molar-refractivity contribution in [2.45, 2.75) is 23.6 Å². The molecule has 1 N–H and O–H groups in total. The maximum absolute atomic E-state index is 12.0. The highest BCUT2D eigenvalue weighted by Crippen LogP contribution is 2.21. The average molecular weight is 271 g/mol. The van der Waals surface area contributed by atoms with Gasteiger partial charge in [0.25, 0.3) is 0 Å². The Bertz CT molecular complexity index is 544. The molecule has 7 heteroatoms. The third-order valence-corrected chi connectivity index (χ3v) is 5.65. The van der Waals surface area contributed by atoms with Gasteiger partial charge in [0.15, 0.2) is 6.19 Å². The molecule has 1 aliphatic heterocycles. The van der Waals surface area contributed by atoms with Crippen molar-refractivity contribution in [2.24, 2.45) is 0 Å². The second kappa shape index (κ2) is 4.64. The first kappa shape index (κ1) is 12.4. The number of likely N-dealkylation sites (tertiary alicyclic amines) is 1. The normalized spacial score (nSPS) is 20.5. The SMILES string of the molecule is Cc1ccc(S(=O)(=O)NC2CCN(C#N)C2)s1. The van der Waals surface area contributed by atoms with Crippen LogP contribution < -0.4 is 4.72 Å². The number of hydrogen-bond donors (Lipinski definition) is 1. The summed E-state index contributed by atoms with van der Waals surface area (Å²) in [5.41, 5.74) is 0. The van der Waals surface area contributed by atoms with E-state index >= 15 is 0 Å². The average Bonchev–Trinajstić information content (AvgIpc) is 2.86. The molecule has 1 aromatic heterocycles. The Hall–Kier alpha value is -1.10. The number of nitrogens with one attached hydrogen (secondary N) is 1. The van der Waals surface area contributed by atoms with Crippen LogP contribution in [0.3, 0.4) is 0 Å². The van der Waals surface area contributed by atoms with Crippen LogP contribution in [0.4, 0.5) is 0 Å². The second-order valence-electron chi connectivity index (χ2n) is 4.02. The van der Waals surface area contributed by atoms with E-state index in [1.165, 1.54) is 11.3 Å². The van der Waals surface area contributed by atoms with E-state index in [9.17, 15) is 8.42 Å². The van der Waals surface area contributed by atoms with Crippen LogP contribution in [0.1, 0.15) is 11.3 Å². The summed E-state index contributed by atoms with van der Waals surface area (Å²) in [5.74, 6) is 0. The van der Waals surface area contributed by atoms with Gasteiger partial charge in [-0.1, -0.05) is 0 Å². The fourth-order valence-corrected chi connectivity index (χ4v) is 4.34. The van der Waals surface area contributed by atoms with Crippen LogP contribution in [-0.4, -0.2) is 32.4 Å². The first-order valence-corrected chi connectivity index (χ1v) is 7.55. The van der Waals surface area contributed by atoms with Crippen molar-refractivity contribution in [2.75, 3.05) is 13.1 Å². The maximum atomic E-state index is 12.0. The van der Waals surface area contributed by atoms with E-state index < -0.39 is 10.0 Å². The van der Waals surface area contributed by atoms with Crippen LogP contribution in [0.15, 0.2) is 16.3 Å². The van der Waals surface area contributed by atoms with Gasteiger partial charge in [0, 0.05) is 24.0 Å². The molecule has 0 saturated carbocycles. The minimum atomic E-state index is -3.42. The standard InChI is InChI=1S/C10H13N3O2S2/c1-8-2-3-10(16-8)17(14,15)12-9-4-5-13(6-9)7-11/h2-3,9,12H,4-6H2,1H3. The summed E-state index contributed by atoms with van der Waals surface area (Å²) >= 11 is 1.26. The maximum Gasteiger partial charge on any atom is 0.250 e. The predicted molar refractivity (Wildman–Crippen MR) is 65.0 cm³/mol. The van der Waals surface area contributed by atoms with Crippen LogP contribution in [0, 0.1) is 18.4 Å². The van der Waals surface area contributed by atoms with Gasteiger partial charge in [-0.25, -0.2) is 13.1 Å². The number of sulfonamides is 1. The van der Waals surface area contributed by atoms with E-state index in [0.29, 0.717) is 23.7 Å². The van der Waals surface area contributed by atoms with Gasteiger partial charge in [0.2, 0.25) is 10.0 Å².